The Hall–Kier alpha value is -2.73. The molecule has 2 aromatic carbocycles. The number of nitrogens with one attached hydrogen (secondary N) is 1. The van der Waals surface area contributed by atoms with Crippen molar-refractivity contribution < 1.29 is 9.18 Å². The average Bonchev–Trinajstić information content (AvgIpc) is 2.94. The lowest BCUT2D eigenvalue weighted by Gasteiger charge is -2.06. The topological polar surface area (TPSA) is 59.8 Å². The molecule has 0 spiro atoms. The Balaban J connectivity index is 1.87. The first-order valence-electron chi connectivity index (χ1n) is 7.21. The van der Waals surface area contributed by atoms with Crippen molar-refractivity contribution in [2.24, 2.45) is 0 Å². The second-order valence-electron chi connectivity index (χ2n) is 5.33. The van der Waals surface area contributed by atoms with Crippen LogP contribution in [0.25, 0.3) is 5.69 Å². The molecule has 3 rings (SSSR count). The minimum atomic E-state index is -0.395. The van der Waals surface area contributed by atoms with Crippen molar-refractivity contribution in [2.75, 3.05) is 5.32 Å². The van der Waals surface area contributed by atoms with Crippen molar-refractivity contribution in [2.45, 2.75) is 13.8 Å². The van der Waals surface area contributed by atoms with Gasteiger partial charge in [-0.15, -0.1) is 5.10 Å². The maximum absolute atomic E-state index is 13.7. The number of benzene rings is 2. The van der Waals surface area contributed by atoms with Gasteiger partial charge in [0.1, 0.15) is 5.82 Å². The molecule has 0 unspecified atom stereocenters. The molecule has 3 aromatic rings. The van der Waals surface area contributed by atoms with E-state index in [1.54, 1.807) is 50.2 Å². The molecule has 24 heavy (non-hydrogen) atoms. The zero-order valence-electron chi connectivity index (χ0n) is 13.0. The standard InChI is InChI=1S/C17H14ClFN4O/c1-10-3-8-14(9-15(10)19)23-11(2)16(21-22-23)17(24)20-13-6-4-12(18)5-7-13/h3-9H,1-2H3,(H,20,24). The molecular weight excluding hydrogens is 331 g/mol. The van der Waals surface area contributed by atoms with Gasteiger partial charge >= 0.3 is 0 Å². The number of aromatic nitrogens is 3. The van der Waals surface area contributed by atoms with Gasteiger partial charge < -0.3 is 5.32 Å². The van der Waals surface area contributed by atoms with E-state index in [0.717, 1.165) is 0 Å². The number of carbonyl (C=O) groups is 1. The Labute approximate surface area is 143 Å². The van der Waals surface area contributed by atoms with Gasteiger partial charge in [-0.3, -0.25) is 4.79 Å². The lowest BCUT2D eigenvalue weighted by molar-refractivity contribution is 0.102. The number of rotatable bonds is 3. The van der Waals surface area contributed by atoms with Crippen molar-refractivity contribution in [3.63, 3.8) is 0 Å². The number of aryl methyl sites for hydroxylation is 1. The summed E-state index contributed by atoms with van der Waals surface area (Å²) >= 11 is 5.82. The SMILES string of the molecule is Cc1ccc(-n2nnc(C(=O)Nc3ccc(Cl)cc3)c2C)cc1F. The van der Waals surface area contributed by atoms with Gasteiger partial charge in [0.15, 0.2) is 5.69 Å². The van der Waals surface area contributed by atoms with E-state index in [2.05, 4.69) is 15.6 Å². The predicted molar refractivity (Wildman–Crippen MR) is 90.2 cm³/mol. The molecule has 0 atom stereocenters. The molecule has 0 bridgehead atoms. The van der Waals surface area contributed by atoms with Crippen LogP contribution in [0.2, 0.25) is 5.02 Å². The third-order valence-corrected chi connectivity index (χ3v) is 3.86. The maximum Gasteiger partial charge on any atom is 0.278 e. The maximum atomic E-state index is 13.7. The first-order chi connectivity index (χ1) is 11.5. The fourth-order valence-electron chi connectivity index (χ4n) is 2.22. The Bertz CT molecular complexity index is 905. The zero-order chi connectivity index (χ0) is 17.3. The molecule has 1 heterocycles. The summed E-state index contributed by atoms with van der Waals surface area (Å²) in [7, 11) is 0. The van der Waals surface area contributed by atoms with E-state index < -0.39 is 5.91 Å². The number of hydrogen-bond donors (Lipinski definition) is 1. The molecule has 122 valence electrons. The summed E-state index contributed by atoms with van der Waals surface area (Å²) in [5, 5.41) is 11.2. The fraction of sp³-hybridized carbons (Fsp3) is 0.118. The highest BCUT2D eigenvalue weighted by atomic mass is 35.5. The van der Waals surface area contributed by atoms with Crippen LogP contribution in [0.1, 0.15) is 21.7 Å². The summed E-state index contributed by atoms with van der Waals surface area (Å²) in [6, 6.07) is 11.5. The van der Waals surface area contributed by atoms with Gasteiger partial charge in [-0.05, 0) is 55.8 Å². The Morgan fingerprint density at radius 3 is 2.54 bits per heavy atom. The molecule has 0 saturated heterocycles. The van der Waals surface area contributed by atoms with E-state index in [-0.39, 0.29) is 11.5 Å². The Kier molecular flexibility index (Phi) is 4.31. The minimum absolute atomic E-state index is 0.172. The van der Waals surface area contributed by atoms with Crippen molar-refractivity contribution in [1.29, 1.82) is 0 Å². The van der Waals surface area contributed by atoms with Crippen LogP contribution in [-0.2, 0) is 0 Å². The van der Waals surface area contributed by atoms with E-state index in [9.17, 15) is 9.18 Å². The highest BCUT2D eigenvalue weighted by molar-refractivity contribution is 6.30. The van der Waals surface area contributed by atoms with Crippen LogP contribution < -0.4 is 5.32 Å². The Morgan fingerprint density at radius 1 is 1.17 bits per heavy atom. The van der Waals surface area contributed by atoms with Crippen LogP contribution in [0.5, 0.6) is 0 Å². The summed E-state index contributed by atoms with van der Waals surface area (Å²) in [5.74, 6) is -0.733. The molecule has 7 heteroatoms. The molecule has 0 aliphatic carbocycles. The fourth-order valence-corrected chi connectivity index (χ4v) is 2.35. The summed E-state index contributed by atoms with van der Waals surface area (Å²) in [4.78, 5) is 12.4. The van der Waals surface area contributed by atoms with Gasteiger partial charge in [-0.2, -0.15) is 0 Å². The molecule has 0 fully saturated rings. The van der Waals surface area contributed by atoms with Gasteiger partial charge in [0.2, 0.25) is 0 Å². The zero-order valence-corrected chi connectivity index (χ0v) is 13.8. The lowest BCUT2D eigenvalue weighted by atomic mass is 10.2. The highest BCUT2D eigenvalue weighted by Gasteiger charge is 2.18. The second kappa shape index (κ2) is 6.41. The predicted octanol–water partition coefficient (Wildman–Crippen LogP) is 3.93. The molecular formula is C17H14ClFN4O. The van der Waals surface area contributed by atoms with Gasteiger partial charge in [-0.25, -0.2) is 9.07 Å². The number of anilines is 1. The van der Waals surface area contributed by atoms with Crippen molar-refractivity contribution in [3.8, 4) is 5.69 Å². The van der Waals surface area contributed by atoms with Gasteiger partial charge in [-0.1, -0.05) is 22.9 Å². The van der Waals surface area contributed by atoms with Crippen molar-refractivity contribution in [1.82, 2.24) is 15.0 Å². The van der Waals surface area contributed by atoms with Crippen LogP contribution in [0.4, 0.5) is 10.1 Å². The molecule has 0 saturated carbocycles. The normalized spacial score (nSPS) is 10.7. The molecule has 0 aliphatic heterocycles. The van der Waals surface area contributed by atoms with E-state index in [0.29, 0.717) is 27.7 Å². The third kappa shape index (κ3) is 3.14. The van der Waals surface area contributed by atoms with E-state index >= 15 is 0 Å². The van der Waals surface area contributed by atoms with E-state index in [1.807, 2.05) is 0 Å². The largest absolute Gasteiger partial charge is 0.321 e. The number of halogens is 2. The number of carbonyl (C=O) groups excluding carboxylic acids is 1. The molecule has 1 amide bonds. The number of amides is 1. The van der Waals surface area contributed by atoms with Crippen LogP contribution in [-0.4, -0.2) is 20.9 Å². The summed E-state index contributed by atoms with van der Waals surface area (Å²) < 4.78 is 15.2. The number of hydrogen-bond acceptors (Lipinski definition) is 3. The molecule has 0 aliphatic rings. The van der Waals surface area contributed by atoms with Crippen molar-refractivity contribution >= 4 is 23.2 Å². The summed E-state index contributed by atoms with van der Waals surface area (Å²) in [6.07, 6.45) is 0. The van der Waals surface area contributed by atoms with Crippen LogP contribution >= 0.6 is 11.6 Å². The van der Waals surface area contributed by atoms with E-state index in [4.69, 9.17) is 11.6 Å². The van der Waals surface area contributed by atoms with Gasteiger partial charge in [0, 0.05) is 10.7 Å². The summed E-state index contributed by atoms with van der Waals surface area (Å²) in [6.45, 7) is 3.38. The molecule has 1 aromatic heterocycles. The van der Waals surface area contributed by atoms with Gasteiger partial charge in [0.05, 0.1) is 11.4 Å². The minimum Gasteiger partial charge on any atom is -0.321 e. The molecule has 0 radical (unpaired) electrons. The Morgan fingerprint density at radius 2 is 1.88 bits per heavy atom. The summed E-state index contributed by atoms with van der Waals surface area (Å²) in [5.41, 5.74) is 2.33. The quantitative estimate of drug-likeness (QED) is 0.783. The third-order valence-electron chi connectivity index (χ3n) is 3.61. The monoisotopic (exact) mass is 344 g/mol. The molecule has 5 nitrogen and oxygen atoms in total. The first-order valence-corrected chi connectivity index (χ1v) is 7.59. The second-order valence-corrected chi connectivity index (χ2v) is 5.77. The van der Waals surface area contributed by atoms with Crippen LogP contribution in [0, 0.1) is 19.7 Å². The average molecular weight is 345 g/mol. The number of nitrogens with zero attached hydrogens (tertiary/aromatic N) is 3. The van der Waals surface area contributed by atoms with Crippen LogP contribution in [0.3, 0.4) is 0 Å². The highest BCUT2D eigenvalue weighted by Crippen LogP contribution is 2.18. The van der Waals surface area contributed by atoms with Crippen LogP contribution in [0.15, 0.2) is 42.5 Å². The molecule has 1 N–H and O–H groups in total. The van der Waals surface area contributed by atoms with Gasteiger partial charge in [0.25, 0.3) is 5.91 Å². The van der Waals surface area contributed by atoms with Crippen molar-refractivity contribution in [3.05, 3.63) is 70.3 Å². The van der Waals surface area contributed by atoms with E-state index in [1.165, 1.54) is 10.7 Å². The smallest absolute Gasteiger partial charge is 0.278 e. The lowest BCUT2D eigenvalue weighted by Crippen LogP contribution is -2.14. The first kappa shape index (κ1) is 16.1.